The van der Waals surface area contributed by atoms with Crippen molar-refractivity contribution in [3.8, 4) is 11.5 Å². The number of ether oxygens (including phenoxy) is 2. The Morgan fingerprint density at radius 3 is 2.67 bits per heavy atom. The van der Waals surface area contributed by atoms with Gasteiger partial charge < -0.3 is 9.47 Å². The van der Waals surface area contributed by atoms with Gasteiger partial charge in [0.15, 0.2) is 11.5 Å². The Kier molecular flexibility index (Phi) is 7.23. The molecule has 4 rings (SSSR count). The van der Waals surface area contributed by atoms with Crippen molar-refractivity contribution in [2.24, 2.45) is 0 Å². The lowest BCUT2D eigenvalue weighted by Crippen LogP contribution is -2.27. The molecule has 1 aliphatic heterocycles. The molecule has 0 bridgehead atoms. The molecule has 2 heterocycles. The van der Waals surface area contributed by atoms with E-state index in [9.17, 15) is 14.4 Å². The number of thiophene rings is 1. The van der Waals surface area contributed by atoms with Crippen LogP contribution in [-0.2, 0) is 11.3 Å². The van der Waals surface area contributed by atoms with Gasteiger partial charge >= 0.3 is 5.97 Å². The number of methoxy groups -OCH3 is 1. The zero-order chi connectivity index (χ0) is 23.5. The minimum absolute atomic E-state index is 0.0896. The van der Waals surface area contributed by atoms with E-state index in [1.54, 1.807) is 60.0 Å². The number of esters is 1. The molecule has 1 saturated heterocycles. The lowest BCUT2D eigenvalue weighted by atomic mass is 10.1. The van der Waals surface area contributed by atoms with Gasteiger partial charge in [0.2, 0.25) is 0 Å². The van der Waals surface area contributed by atoms with Gasteiger partial charge in [-0.15, -0.1) is 11.3 Å². The van der Waals surface area contributed by atoms with Gasteiger partial charge in [-0.1, -0.05) is 35.9 Å². The van der Waals surface area contributed by atoms with Gasteiger partial charge in [-0.25, -0.2) is 4.79 Å². The SMILES string of the molecule is COc1cc(/C=C2\SC(=O)N(Cc3ccccc3Cl)C2=O)cc(Br)c1OC(=O)c1cccs1. The van der Waals surface area contributed by atoms with Crippen molar-refractivity contribution in [1.29, 1.82) is 0 Å². The number of imide groups is 1. The molecule has 168 valence electrons. The molecule has 2 amide bonds. The summed E-state index contributed by atoms with van der Waals surface area (Å²) in [4.78, 5) is 39.6. The second-order valence-corrected chi connectivity index (χ2v) is 9.96. The smallest absolute Gasteiger partial charge is 0.353 e. The quantitative estimate of drug-likeness (QED) is 0.190. The zero-order valence-corrected chi connectivity index (χ0v) is 21.0. The van der Waals surface area contributed by atoms with Crippen molar-refractivity contribution in [3.05, 3.63) is 84.3 Å². The van der Waals surface area contributed by atoms with Gasteiger partial charge in [-0.2, -0.15) is 0 Å². The standard InChI is InChI=1S/C23H15BrClNO5S2/c1-30-17-10-13(9-15(24)20(17)31-22(28)18-7-4-8-32-18)11-19-21(27)26(23(29)33-19)12-14-5-2-3-6-16(14)25/h2-11H,12H2,1H3/b19-11-. The monoisotopic (exact) mass is 563 g/mol. The van der Waals surface area contributed by atoms with E-state index in [0.29, 0.717) is 31.2 Å². The number of halogens is 2. The maximum atomic E-state index is 12.9. The first-order valence-electron chi connectivity index (χ1n) is 9.49. The van der Waals surface area contributed by atoms with Crippen LogP contribution in [0.25, 0.3) is 6.08 Å². The van der Waals surface area contributed by atoms with E-state index < -0.39 is 11.9 Å². The van der Waals surface area contributed by atoms with Crippen molar-refractivity contribution in [2.75, 3.05) is 7.11 Å². The van der Waals surface area contributed by atoms with Crippen LogP contribution >= 0.6 is 50.6 Å². The highest BCUT2D eigenvalue weighted by Crippen LogP contribution is 2.40. The van der Waals surface area contributed by atoms with Gasteiger partial charge in [0.25, 0.3) is 11.1 Å². The van der Waals surface area contributed by atoms with Gasteiger partial charge in [0, 0.05) is 5.02 Å². The summed E-state index contributed by atoms with van der Waals surface area (Å²) in [5.41, 5.74) is 1.28. The van der Waals surface area contributed by atoms with Crippen LogP contribution in [0.5, 0.6) is 11.5 Å². The molecule has 0 aliphatic carbocycles. The largest absolute Gasteiger partial charge is 0.493 e. The first kappa shape index (κ1) is 23.6. The molecule has 0 N–H and O–H groups in total. The van der Waals surface area contributed by atoms with Crippen LogP contribution in [0.4, 0.5) is 4.79 Å². The number of hydrogen-bond acceptors (Lipinski definition) is 7. The molecule has 0 radical (unpaired) electrons. The van der Waals surface area contributed by atoms with Gasteiger partial charge in [-0.05, 0) is 74.5 Å². The molecule has 1 aromatic heterocycles. The van der Waals surface area contributed by atoms with Crippen LogP contribution in [0.3, 0.4) is 0 Å². The zero-order valence-electron chi connectivity index (χ0n) is 17.0. The second-order valence-electron chi connectivity index (χ2n) is 6.76. The molecular formula is C23H15BrClNO5S2. The molecule has 0 spiro atoms. The average Bonchev–Trinajstić information content (AvgIpc) is 3.42. The van der Waals surface area contributed by atoms with E-state index in [-0.39, 0.29) is 22.4 Å². The third-order valence-electron chi connectivity index (χ3n) is 4.63. The average molecular weight is 565 g/mol. The Balaban J connectivity index is 1.58. The Morgan fingerprint density at radius 1 is 1.18 bits per heavy atom. The van der Waals surface area contributed by atoms with Crippen molar-refractivity contribution in [1.82, 2.24) is 4.90 Å². The predicted molar refractivity (Wildman–Crippen MR) is 133 cm³/mol. The molecule has 2 aromatic carbocycles. The molecule has 3 aromatic rings. The van der Waals surface area contributed by atoms with Crippen molar-refractivity contribution in [3.63, 3.8) is 0 Å². The number of benzene rings is 2. The highest BCUT2D eigenvalue weighted by Gasteiger charge is 2.35. The molecule has 0 atom stereocenters. The number of nitrogens with zero attached hydrogens (tertiary/aromatic N) is 1. The Labute approximate surface area is 211 Å². The molecule has 1 fully saturated rings. The lowest BCUT2D eigenvalue weighted by Gasteiger charge is -2.13. The van der Waals surface area contributed by atoms with E-state index >= 15 is 0 Å². The Morgan fingerprint density at radius 2 is 1.97 bits per heavy atom. The van der Waals surface area contributed by atoms with Crippen molar-refractivity contribution in [2.45, 2.75) is 6.54 Å². The summed E-state index contributed by atoms with van der Waals surface area (Å²) < 4.78 is 11.4. The maximum Gasteiger partial charge on any atom is 0.353 e. The summed E-state index contributed by atoms with van der Waals surface area (Å²) in [5, 5.41) is 1.89. The molecule has 6 nitrogen and oxygen atoms in total. The fourth-order valence-corrected chi connectivity index (χ4v) is 5.22. The molecular weight excluding hydrogens is 550 g/mol. The van der Waals surface area contributed by atoms with E-state index in [4.69, 9.17) is 21.1 Å². The number of rotatable bonds is 6. The number of carbonyl (C=O) groups excluding carboxylic acids is 3. The van der Waals surface area contributed by atoms with E-state index in [0.717, 1.165) is 16.7 Å². The third kappa shape index (κ3) is 5.16. The first-order valence-corrected chi connectivity index (χ1v) is 12.4. The molecule has 1 aliphatic rings. The Hall–Kier alpha value is -2.59. The van der Waals surface area contributed by atoms with Gasteiger partial charge in [0.05, 0.1) is 23.0 Å². The lowest BCUT2D eigenvalue weighted by molar-refractivity contribution is -0.123. The van der Waals surface area contributed by atoms with E-state index in [1.165, 1.54) is 18.4 Å². The van der Waals surface area contributed by atoms with Crippen LogP contribution < -0.4 is 9.47 Å². The highest BCUT2D eigenvalue weighted by atomic mass is 79.9. The fourth-order valence-electron chi connectivity index (χ4n) is 3.04. The Bertz CT molecular complexity index is 1280. The van der Waals surface area contributed by atoms with E-state index in [1.807, 2.05) is 0 Å². The van der Waals surface area contributed by atoms with E-state index in [2.05, 4.69) is 15.9 Å². The van der Waals surface area contributed by atoms with Crippen molar-refractivity contribution >= 4 is 73.8 Å². The van der Waals surface area contributed by atoms with Gasteiger partial charge in [-0.3, -0.25) is 14.5 Å². The van der Waals surface area contributed by atoms with Crippen LogP contribution in [0.1, 0.15) is 20.8 Å². The van der Waals surface area contributed by atoms with Gasteiger partial charge in [0.1, 0.15) is 4.88 Å². The third-order valence-corrected chi connectivity index (χ3v) is 7.34. The summed E-state index contributed by atoms with van der Waals surface area (Å²) in [6.07, 6.45) is 1.59. The van der Waals surface area contributed by atoms with Crippen LogP contribution in [0.2, 0.25) is 5.02 Å². The summed E-state index contributed by atoms with van der Waals surface area (Å²) in [7, 11) is 1.45. The summed E-state index contributed by atoms with van der Waals surface area (Å²) >= 11 is 11.7. The summed E-state index contributed by atoms with van der Waals surface area (Å²) in [5.74, 6) is -0.388. The van der Waals surface area contributed by atoms with Crippen LogP contribution in [-0.4, -0.2) is 29.1 Å². The maximum absolute atomic E-state index is 12.9. The number of amides is 2. The van der Waals surface area contributed by atoms with Crippen LogP contribution in [0, 0.1) is 0 Å². The number of carbonyl (C=O) groups is 3. The second kappa shape index (κ2) is 10.1. The normalized spacial score (nSPS) is 14.8. The molecule has 33 heavy (non-hydrogen) atoms. The molecule has 0 saturated carbocycles. The topological polar surface area (TPSA) is 72.9 Å². The predicted octanol–water partition coefficient (Wildman–Crippen LogP) is 6.63. The highest BCUT2D eigenvalue weighted by molar-refractivity contribution is 9.10. The summed E-state index contributed by atoms with van der Waals surface area (Å²) in [6.45, 7) is 0.0896. The number of thioether (sulfide) groups is 1. The summed E-state index contributed by atoms with van der Waals surface area (Å²) in [6, 6.07) is 13.8. The minimum atomic E-state index is -0.502. The molecule has 10 heteroatoms. The van der Waals surface area contributed by atoms with Crippen molar-refractivity contribution < 1.29 is 23.9 Å². The fraction of sp³-hybridized carbons (Fsp3) is 0.0870. The first-order chi connectivity index (χ1) is 15.9. The minimum Gasteiger partial charge on any atom is -0.493 e. The number of hydrogen-bond donors (Lipinski definition) is 0. The van der Waals surface area contributed by atoms with Crippen LogP contribution in [0.15, 0.2) is 63.3 Å². The molecule has 0 unspecified atom stereocenters.